The molecule has 0 saturated carbocycles. The van der Waals surface area contributed by atoms with Gasteiger partial charge in [-0.1, -0.05) is 11.6 Å². The molecule has 4 nitrogen and oxygen atoms in total. The fraction of sp³-hybridized carbons (Fsp3) is 0.556. The first kappa shape index (κ1) is 15.1. The van der Waals surface area contributed by atoms with Gasteiger partial charge in [-0.15, -0.1) is 0 Å². The molecular formula is C18H24N2O2. The number of hydrogen-bond acceptors (Lipinski definition) is 3. The van der Waals surface area contributed by atoms with Crippen LogP contribution in [0.3, 0.4) is 0 Å². The van der Waals surface area contributed by atoms with Crippen LogP contribution in [0.4, 0.5) is 4.79 Å². The monoisotopic (exact) mass is 300 g/mol. The Morgan fingerprint density at radius 3 is 2.50 bits per heavy atom. The summed E-state index contributed by atoms with van der Waals surface area (Å²) in [4.78, 5) is 18.7. The second-order valence-corrected chi connectivity index (χ2v) is 7.24. The molecule has 3 heterocycles. The Morgan fingerprint density at radius 2 is 1.95 bits per heavy atom. The Hall–Kier alpha value is -1.84. The molecule has 1 aromatic heterocycles. The topological polar surface area (TPSA) is 42.4 Å². The van der Waals surface area contributed by atoms with Crippen molar-refractivity contribution in [3.8, 4) is 0 Å². The number of pyridine rings is 1. The zero-order valence-electron chi connectivity index (χ0n) is 13.6. The van der Waals surface area contributed by atoms with E-state index in [2.05, 4.69) is 11.1 Å². The van der Waals surface area contributed by atoms with Gasteiger partial charge in [0.15, 0.2) is 0 Å². The summed E-state index contributed by atoms with van der Waals surface area (Å²) < 4.78 is 5.57. The van der Waals surface area contributed by atoms with Crippen molar-refractivity contribution in [3.05, 3.63) is 35.7 Å². The Bertz CT molecular complexity index is 558. The van der Waals surface area contributed by atoms with E-state index in [0.29, 0.717) is 0 Å². The van der Waals surface area contributed by atoms with Gasteiger partial charge in [0.1, 0.15) is 5.60 Å². The summed E-state index contributed by atoms with van der Waals surface area (Å²) in [5, 5.41) is 0. The molecule has 1 aromatic rings. The second kappa shape index (κ2) is 5.75. The van der Waals surface area contributed by atoms with Gasteiger partial charge in [-0.25, -0.2) is 4.79 Å². The van der Waals surface area contributed by atoms with E-state index in [1.807, 2.05) is 50.1 Å². The molecule has 4 heteroatoms. The van der Waals surface area contributed by atoms with Crippen molar-refractivity contribution in [1.29, 1.82) is 0 Å². The number of amides is 1. The Morgan fingerprint density at radius 1 is 1.27 bits per heavy atom. The number of nitrogens with zero attached hydrogens (tertiary/aromatic N) is 2. The second-order valence-electron chi connectivity index (χ2n) is 7.24. The molecule has 2 bridgehead atoms. The summed E-state index contributed by atoms with van der Waals surface area (Å²) in [6.07, 6.45) is 7.86. The van der Waals surface area contributed by atoms with Crippen molar-refractivity contribution in [3.63, 3.8) is 0 Å². The lowest BCUT2D eigenvalue weighted by molar-refractivity contribution is 0.0116. The first-order chi connectivity index (χ1) is 10.4. The first-order valence-corrected chi connectivity index (χ1v) is 8.04. The van der Waals surface area contributed by atoms with Gasteiger partial charge in [0.2, 0.25) is 0 Å². The van der Waals surface area contributed by atoms with Crippen LogP contribution in [-0.2, 0) is 4.74 Å². The SMILES string of the molecule is CC(C)(C)OC(=O)N1[C@@H]2CC[C@H]1C/C(=C/c1ccccn1)C2. The minimum Gasteiger partial charge on any atom is -0.444 e. The average molecular weight is 300 g/mol. The van der Waals surface area contributed by atoms with E-state index in [1.54, 1.807) is 0 Å². The largest absolute Gasteiger partial charge is 0.444 e. The summed E-state index contributed by atoms with van der Waals surface area (Å²) in [7, 11) is 0. The summed E-state index contributed by atoms with van der Waals surface area (Å²) in [5.41, 5.74) is 1.97. The first-order valence-electron chi connectivity index (χ1n) is 8.04. The molecule has 0 radical (unpaired) electrons. The lowest BCUT2D eigenvalue weighted by Gasteiger charge is -2.37. The maximum absolute atomic E-state index is 12.4. The summed E-state index contributed by atoms with van der Waals surface area (Å²) in [6.45, 7) is 5.76. The Balaban J connectivity index is 1.72. The quantitative estimate of drug-likeness (QED) is 0.786. The van der Waals surface area contributed by atoms with Gasteiger partial charge in [0.25, 0.3) is 0 Å². The van der Waals surface area contributed by atoms with E-state index in [0.717, 1.165) is 31.4 Å². The lowest BCUT2D eigenvalue weighted by atomic mass is 9.96. The highest BCUT2D eigenvalue weighted by atomic mass is 16.6. The number of rotatable bonds is 1. The zero-order chi connectivity index (χ0) is 15.7. The molecule has 2 saturated heterocycles. The summed E-state index contributed by atoms with van der Waals surface area (Å²) in [5.74, 6) is 0. The van der Waals surface area contributed by atoms with Gasteiger partial charge < -0.3 is 9.64 Å². The minimum atomic E-state index is -0.430. The summed E-state index contributed by atoms with van der Waals surface area (Å²) >= 11 is 0. The summed E-state index contributed by atoms with van der Waals surface area (Å²) in [6, 6.07) is 6.52. The van der Waals surface area contributed by atoms with Crippen LogP contribution in [0.1, 0.15) is 52.1 Å². The van der Waals surface area contributed by atoms with Crippen molar-refractivity contribution >= 4 is 12.2 Å². The third-order valence-electron chi connectivity index (χ3n) is 4.26. The number of aromatic nitrogens is 1. The molecule has 0 N–H and O–H groups in total. The number of carbonyl (C=O) groups is 1. The van der Waals surface area contributed by atoms with Crippen LogP contribution in [0.15, 0.2) is 30.0 Å². The Labute approximate surface area is 132 Å². The van der Waals surface area contributed by atoms with Gasteiger partial charge in [-0.05, 0) is 64.7 Å². The smallest absolute Gasteiger partial charge is 0.410 e. The molecule has 0 unspecified atom stereocenters. The number of ether oxygens (including phenoxy) is 1. The predicted octanol–water partition coefficient (Wildman–Crippen LogP) is 4.03. The van der Waals surface area contributed by atoms with Crippen LogP contribution in [-0.4, -0.2) is 33.7 Å². The highest BCUT2D eigenvalue weighted by Gasteiger charge is 2.42. The highest BCUT2D eigenvalue weighted by Crippen LogP contribution is 2.39. The average Bonchev–Trinajstić information content (AvgIpc) is 2.70. The van der Waals surface area contributed by atoms with Gasteiger partial charge in [0, 0.05) is 18.3 Å². The molecule has 0 aromatic carbocycles. The molecule has 3 rings (SSSR count). The van der Waals surface area contributed by atoms with E-state index in [9.17, 15) is 4.79 Å². The molecule has 0 spiro atoms. The predicted molar refractivity (Wildman–Crippen MR) is 86.3 cm³/mol. The van der Waals surface area contributed by atoms with E-state index < -0.39 is 5.60 Å². The van der Waals surface area contributed by atoms with Crippen molar-refractivity contribution in [2.45, 2.75) is 64.1 Å². The van der Waals surface area contributed by atoms with Crippen LogP contribution >= 0.6 is 0 Å². The molecule has 1 amide bonds. The molecule has 2 aliphatic heterocycles. The third-order valence-corrected chi connectivity index (χ3v) is 4.26. The maximum Gasteiger partial charge on any atom is 0.410 e. The van der Waals surface area contributed by atoms with Crippen LogP contribution in [0.25, 0.3) is 6.08 Å². The maximum atomic E-state index is 12.4. The fourth-order valence-corrected chi connectivity index (χ4v) is 3.45. The van der Waals surface area contributed by atoms with Gasteiger partial charge >= 0.3 is 6.09 Å². The van der Waals surface area contributed by atoms with Crippen LogP contribution in [0.5, 0.6) is 0 Å². The van der Waals surface area contributed by atoms with E-state index in [4.69, 9.17) is 4.74 Å². The zero-order valence-corrected chi connectivity index (χ0v) is 13.6. The lowest BCUT2D eigenvalue weighted by Crippen LogP contribution is -2.46. The van der Waals surface area contributed by atoms with Crippen molar-refractivity contribution in [2.75, 3.05) is 0 Å². The molecule has 118 valence electrons. The van der Waals surface area contributed by atoms with E-state index in [1.165, 1.54) is 5.57 Å². The van der Waals surface area contributed by atoms with E-state index in [-0.39, 0.29) is 18.2 Å². The molecule has 22 heavy (non-hydrogen) atoms. The van der Waals surface area contributed by atoms with Gasteiger partial charge in [-0.3, -0.25) is 4.98 Å². The number of carbonyl (C=O) groups excluding carboxylic acids is 1. The number of fused-ring (bicyclic) bond motifs is 2. The van der Waals surface area contributed by atoms with Crippen molar-refractivity contribution in [1.82, 2.24) is 9.88 Å². The van der Waals surface area contributed by atoms with Crippen molar-refractivity contribution < 1.29 is 9.53 Å². The number of hydrogen-bond donors (Lipinski definition) is 0. The van der Waals surface area contributed by atoms with Gasteiger partial charge in [-0.2, -0.15) is 0 Å². The molecule has 2 atom stereocenters. The number of piperidine rings is 1. The van der Waals surface area contributed by atoms with Crippen LogP contribution in [0, 0.1) is 0 Å². The van der Waals surface area contributed by atoms with Crippen LogP contribution in [0.2, 0.25) is 0 Å². The molecule has 2 aliphatic rings. The van der Waals surface area contributed by atoms with Crippen molar-refractivity contribution in [2.24, 2.45) is 0 Å². The van der Waals surface area contributed by atoms with Crippen LogP contribution < -0.4 is 0 Å². The fourth-order valence-electron chi connectivity index (χ4n) is 3.45. The normalized spacial score (nSPS) is 26.3. The molecule has 2 fully saturated rings. The highest BCUT2D eigenvalue weighted by molar-refractivity contribution is 5.70. The van der Waals surface area contributed by atoms with Gasteiger partial charge in [0.05, 0.1) is 5.69 Å². The van der Waals surface area contributed by atoms with E-state index >= 15 is 0 Å². The Kier molecular flexibility index (Phi) is 3.94. The standard InChI is InChI=1S/C18H24N2O2/c1-18(2,3)22-17(21)20-15-7-8-16(20)12-13(11-15)10-14-6-4-5-9-19-14/h4-6,9-10,15-16H,7-8,11-12H2,1-3H3/b13-10-/t15-,16+/m0/s1. The molecular weight excluding hydrogens is 276 g/mol. The minimum absolute atomic E-state index is 0.156. The third kappa shape index (κ3) is 3.32. The molecule has 0 aliphatic carbocycles.